The molecular weight excluding hydrogens is 410 g/mol. The van der Waals surface area contributed by atoms with Crippen LogP contribution in [0.4, 0.5) is 0 Å². The van der Waals surface area contributed by atoms with E-state index in [0.717, 1.165) is 17.5 Å². The van der Waals surface area contributed by atoms with Gasteiger partial charge in [0.05, 0.1) is 5.52 Å². The second kappa shape index (κ2) is 6.94. The van der Waals surface area contributed by atoms with Gasteiger partial charge in [-0.3, -0.25) is 14.3 Å². The quantitative estimate of drug-likeness (QED) is 0.614. The fourth-order valence-corrected chi connectivity index (χ4v) is 4.84. The summed E-state index contributed by atoms with van der Waals surface area (Å²) in [6, 6.07) is 4.68. The first kappa shape index (κ1) is 20.3. The number of piperidine rings is 1. The highest BCUT2D eigenvalue weighted by atomic mass is 16.4. The van der Waals surface area contributed by atoms with Gasteiger partial charge in [-0.1, -0.05) is 13.0 Å². The Kier molecular flexibility index (Phi) is 4.40. The van der Waals surface area contributed by atoms with Crippen LogP contribution in [0.5, 0.6) is 0 Å². The molecule has 1 saturated carbocycles. The number of benzene rings is 1. The average molecular weight is 433 g/mol. The Hall–Kier alpha value is -3.62. The van der Waals surface area contributed by atoms with Gasteiger partial charge in [0.2, 0.25) is 5.91 Å². The highest BCUT2D eigenvalue weighted by Crippen LogP contribution is 2.59. The molecule has 1 N–H and O–H groups in total. The molecule has 2 fully saturated rings. The summed E-state index contributed by atoms with van der Waals surface area (Å²) in [5, 5.41) is 14.6. The third-order valence-electron chi connectivity index (χ3n) is 6.69. The molecule has 1 aliphatic heterocycles. The number of ketones is 1. The molecule has 1 saturated heterocycles. The second-order valence-electron chi connectivity index (χ2n) is 9.05. The van der Waals surface area contributed by atoms with Crippen LogP contribution in [-0.4, -0.2) is 59.5 Å². The highest BCUT2D eigenvalue weighted by Gasteiger charge is 2.64. The Balaban J connectivity index is 1.50. The predicted octanol–water partition coefficient (Wildman–Crippen LogP) is 2.47. The molecule has 9 heteroatoms. The van der Waals surface area contributed by atoms with Crippen molar-refractivity contribution in [3.63, 3.8) is 0 Å². The number of hydrogen-bond acceptors (Lipinski definition) is 6. The van der Waals surface area contributed by atoms with E-state index >= 15 is 0 Å². The zero-order chi connectivity index (χ0) is 22.8. The van der Waals surface area contributed by atoms with Crippen molar-refractivity contribution in [3.05, 3.63) is 42.1 Å². The third kappa shape index (κ3) is 3.16. The number of rotatable bonds is 5. The van der Waals surface area contributed by atoms with Gasteiger partial charge in [0.15, 0.2) is 5.78 Å². The lowest BCUT2D eigenvalue weighted by atomic mass is 10.0. The normalized spacial score (nSPS) is 23.9. The molecule has 0 radical (unpaired) electrons. The van der Waals surface area contributed by atoms with E-state index in [1.54, 1.807) is 19.3 Å². The molecule has 1 unspecified atom stereocenters. The summed E-state index contributed by atoms with van der Waals surface area (Å²) in [6.07, 6.45) is 4.73. The molecule has 1 aliphatic carbocycles. The Morgan fingerprint density at radius 2 is 1.88 bits per heavy atom. The number of carbonyl (C=O) groups is 3. The van der Waals surface area contributed by atoms with Crippen LogP contribution < -0.4 is 0 Å². The molecule has 3 heterocycles. The molecule has 32 heavy (non-hydrogen) atoms. The Morgan fingerprint density at radius 3 is 2.53 bits per heavy atom. The summed E-state index contributed by atoms with van der Waals surface area (Å²) in [5.74, 6) is -0.817. The number of carboxylic acid groups (broad SMARTS) is 1. The van der Waals surface area contributed by atoms with E-state index in [4.69, 9.17) is 0 Å². The number of aliphatic carboxylic acids is 1. The summed E-state index contributed by atoms with van der Waals surface area (Å²) in [4.78, 5) is 47.1. The summed E-state index contributed by atoms with van der Waals surface area (Å²) in [7, 11) is 0. The van der Waals surface area contributed by atoms with Gasteiger partial charge >= 0.3 is 5.97 Å². The maximum atomic E-state index is 13.2. The van der Waals surface area contributed by atoms with Gasteiger partial charge in [0.25, 0.3) is 0 Å². The molecule has 0 bridgehead atoms. The highest BCUT2D eigenvalue weighted by molar-refractivity contribution is 6.06. The van der Waals surface area contributed by atoms with E-state index in [-0.39, 0.29) is 35.4 Å². The number of fused-ring (bicyclic) bond motifs is 2. The fraction of sp³-hybridized carbons (Fsp3) is 0.391. The van der Waals surface area contributed by atoms with Crippen LogP contribution in [0.1, 0.15) is 43.0 Å². The van der Waals surface area contributed by atoms with E-state index in [1.165, 1.54) is 16.5 Å². The minimum Gasteiger partial charge on any atom is -0.480 e. The van der Waals surface area contributed by atoms with E-state index < -0.39 is 12.0 Å². The molecule has 1 aromatic carbocycles. The Bertz CT molecular complexity index is 1280. The first-order valence-corrected chi connectivity index (χ1v) is 10.5. The van der Waals surface area contributed by atoms with Crippen LogP contribution in [0.2, 0.25) is 0 Å². The summed E-state index contributed by atoms with van der Waals surface area (Å²) >= 11 is 0. The topological polar surface area (TPSA) is 118 Å². The molecule has 3 aromatic rings. The van der Waals surface area contributed by atoms with Crippen LogP contribution in [-0.2, 0) is 16.1 Å². The van der Waals surface area contributed by atoms with Gasteiger partial charge in [-0.2, -0.15) is 5.10 Å². The molecule has 2 aliphatic rings. The molecule has 164 valence electrons. The number of likely N-dealkylation sites (tertiary alicyclic amines) is 1. The fourth-order valence-electron chi connectivity index (χ4n) is 4.84. The number of carboxylic acids is 1. The summed E-state index contributed by atoms with van der Waals surface area (Å²) in [5.41, 5.74) is 2.45. The number of aromatic nitrogens is 4. The summed E-state index contributed by atoms with van der Waals surface area (Å²) < 4.78 is 1.50. The minimum atomic E-state index is -0.980. The lowest BCUT2D eigenvalue weighted by Gasteiger charge is -2.24. The standard InChI is InChI=1S/C23H23N5O4/c1-12(29)21-16-6-14(15-9-24-13(2)25-10-15)4-5-17(16)27(26-21)11-20(30)28-18(22(31)32)7-23(3)8-19(23)28/h4-6,9-10,18-19H,7-8,11H2,1-3H3,(H,31,32)/t18-,19?,23-/m0/s1. The number of hydrogen-bond donors (Lipinski definition) is 1. The smallest absolute Gasteiger partial charge is 0.326 e. The van der Waals surface area contributed by atoms with Gasteiger partial charge in [-0.05, 0) is 42.9 Å². The van der Waals surface area contributed by atoms with E-state index in [1.807, 2.05) is 25.1 Å². The Morgan fingerprint density at radius 1 is 1.16 bits per heavy atom. The van der Waals surface area contributed by atoms with Gasteiger partial charge in [-0.25, -0.2) is 14.8 Å². The monoisotopic (exact) mass is 433 g/mol. The van der Waals surface area contributed by atoms with Crippen LogP contribution >= 0.6 is 0 Å². The van der Waals surface area contributed by atoms with Gasteiger partial charge in [0.1, 0.15) is 24.1 Å². The number of nitrogens with zero attached hydrogens (tertiary/aromatic N) is 5. The van der Waals surface area contributed by atoms with Gasteiger partial charge in [-0.15, -0.1) is 0 Å². The minimum absolute atomic E-state index is 0.0432. The molecule has 2 aromatic heterocycles. The zero-order valence-electron chi connectivity index (χ0n) is 18.1. The second-order valence-corrected chi connectivity index (χ2v) is 9.05. The van der Waals surface area contributed by atoms with Crippen LogP contribution in [0.3, 0.4) is 0 Å². The number of Topliss-reactive ketones (excluding diaryl/α,β-unsaturated/α-hetero) is 1. The number of aryl methyl sites for hydroxylation is 1. The molecular formula is C23H23N5O4. The van der Waals surface area contributed by atoms with Crippen molar-refractivity contribution in [2.45, 2.75) is 52.2 Å². The van der Waals surface area contributed by atoms with Gasteiger partial charge in [0, 0.05) is 36.3 Å². The third-order valence-corrected chi connectivity index (χ3v) is 6.69. The van der Waals surface area contributed by atoms with Gasteiger partial charge < -0.3 is 10.0 Å². The average Bonchev–Trinajstić information content (AvgIpc) is 3.12. The largest absolute Gasteiger partial charge is 0.480 e. The maximum absolute atomic E-state index is 13.2. The van der Waals surface area contributed by atoms with Crippen molar-refractivity contribution in [1.82, 2.24) is 24.6 Å². The van der Waals surface area contributed by atoms with Crippen molar-refractivity contribution in [3.8, 4) is 11.1 Å². The van der Waals surface area contributed by atoms with E-state index in [9.17, 15) is 19.5 Å². The van der Waals surface area contributed by atoms with Crippen molar-refractivity contribution in [2.75, 3.05) is 0 Å². The van der Waals surface area contributed by atoms with Crippen LogP contribution in [0.15, 0.2) is 30.6 Å². The summed E-state index contributed by atoms with van der Waals surface area (Å²) in [6.45, 7) is 5.15. The number of carbonyl (C=O) groups excluding carboxylic acids is 2. The van der Waals surface area contributed by atoms with Crippen molar-refractivity contribution in [1.29, 1.82) is 0 Å². The van der Waals surface area contributed by atoms with E-state index in [2.05, 4.69) is 15.1 Å². The first-order chi connectivity index (χ1) is 15.2. The van der Waals surface area contributed by atoms with Crippen molar-refractivity contribution >= 4 is 28.6 Å². The maximum Gasteiger partial charge on any atom is 0.326 e. The lowest BCUT2D eigenvalue weighted by Crippen LogP contribution is -2.44. The molecule has 9 nitrogen and oxygen atoms in total. The molecule has 5 rings (SSSR count). The lowest BCUT2D eigenvalue weighted by molar-refractivity contribution is -0.149. The molecule has 0 spiro atoms. The van der Waals surface area contributed by atoms with Crippen molar-refractivity contribution < 1.29 is 19.5 Å². The molecule has 3 atom stereocenters. The van der Waals surface area contributed by atoms with Crippen LogP contribution in [0.25, 0.3) is 22.0 Å². The number of amides is 1. The first-order valence-electron chi connectivity index (χ1n) is 10.5. The van der Waals surface area contributed by atoms with Crippen molar-refractivity contribution in [2.24, 2.45) is 5.41 Å². The molecule has 1 amide bonds. The predicted molar refractivity (Wildman–Crippen MR) is 115 cm³/mol. The SMILES string of the molecule is CC(=O)c1nn(CC(=O)N2C3C[C@]3(C)C[C@H]2C(=O)O)c2ccc(-c3cnc(C)nc3)cc12. The van der Waals surface area contributed by atoms with E-state index in [0.29, 0.717) is 23.1 Å². The van der Waals surface area contributed by atoms with Crippen LogP contribution in [0, 0.1) is 12.3 Å². The zero-order valence-corrected chi connectivity index (χ0v) is 18.1. The Labute approximate surface area is 184 Å².